The van der Waals surface area contributed by atoms with E-state index in [0.29, 0.717) is 24.7 Å². The fraction of sp³-hybridized carbons (Fsp3) is 0.533. The van der Waals surface area contributed by atoms with E-state index in [1.807, 2.05) is 0 Å². The molecule has 1 aromatic carbocycles. The van der Waals surface area contributed by atoms with Crippen LogP contribution in [0.3, 0.4) is 0 Å². The van der Waals surface area contributed by atoms with Gasteiger partial charge in [-0.05, 0) is 37.6 Å². The van der Waals surface area contributed by atoms with Gasteiger partial charge in [0.25, 0.3) is 5.91 Å². The number of ether oxygens (including phenoxy) is 1. The molecule has 0 aliphatic carbocycles. The third-order valence-electron chi connectivity index (χ3n) is 3.58. The summed E-state index contributed by atoms with van der Waals surface area (Å²) in [5.74, 6) is -0.122. The first-order valence-corrected chi connectivity index (χ1v) is 7.17. The van der Waals surface area contributed by atoms with Gasteiger partial charge in [-0.15, -0.1) is 0 Å². The van der Waals surface area contributed by atoms with Crippen LogP contribution in [0.4, 0.5) is 8.78 Å². The lowest BCUT2D eigenvalue weighted by atomic mass is 10.0. The molecule has 1 N–H and O–H groups in total. The Morgan fingerprint density at radius 2 is 2.14 bits per heavy atom. The standard InChI is InChI=1S/C15H20F2N2O2/c1-2-18-12-6-8-19(9-7-12)14(20)11-4-3-5-13(10-11)21-15(16)17/h3-5,10,12,15,18H,2,6-9H2,1H3. The van der Waals surface area contributed by atoms with Gasteiger partial charge in [-0.25, -0.2) is 0 Å². The third-order valence-corrected chi connectivity index (χ3v) is 3.58. The highest BCUT2D eigenvalue weighted by molar-refractivity contribution is 5.94. The van der Waals surface area contributed by atoms with Crippen molar-refractivity contribution in [3.05, 3.63) is 29.8 Å². The maximum absolute atomic E-state index is 12.4. The first-order chi connectivity index (χ1) is 10.1. The van der Waals surface area contributed by atoms with Gasteiger partial charge in [0.2, 0.25) is 0 Å². The van der Waals surface area contributed by atoms with Crippen molar-refractivity contribution in [2.75, 3.05) is 19.6 Å². The maximum Gasteiger partial charge on any atom is 0.387 e. The van der Waals surface area contributed by atoms with Crippen molar-refractivity contribution < 1.29 is 18.3 Å². The number of benzene rings is 1. The van der Waals surface area contributed by atoms with E-state index < -0.39 is 6.61 Å². The van der Waals surface area contributed by atoms with Crippen LogP contribution in [0.15, 0.2) is 24.3 Å². The number of alkyl halides is 2. The van der Waals surface area contributed by atoms with Gasteiger partial charge in [0.1, 0.15) is 5.75 Å². The molecule has 1 fully saturated rings. The molecule has 116 valence electrons. The number of rotatable bonds is 5. The van der Waals surface area contributed by atoms with E-state index in [1.54, 1.807) is 17.0 Å². The van der Waals surface area contributed by atoms with Crippen molar-refractivity contribution in [1.29, 1.82) is 0 Å². The second kappa shape index (κ2) is 7.36. The van der Waals surface area contributed by atoms with Gasteiger partial charge in [0.15, 0.2) is 0 Å². The Balaban J connectivity index is 1.97. The molecule has 0 unspecified atom stereocenters. The summed E-state index contributed by atoms with van der Waals surface area (Å²) in [4.78, 5) is 14.1. The summed E-state index contributed by atoms with van der Waals surface area (Å²) in [6, 6.07) is 6.41. The van der Waals surface area contributed by atoms with Gasteiger partial charge < -0.3 is 15.0 Å². The summed E-state index contributed by atoms with van der Waals surface area (Å²) < 4.78 is 28.7. The van der Waals surface area contributed by atoms with E-state index in [4.69, 9.17) is 0 Å². The SMILES string of the molecule is CCNC1CCN(C(=O)c2cccc(OC(F)F)c2)CC1. The highest BCUT2D eigenvalue weighted by Crippen LogP contribution is 2.19. The number of piperidine rings is 1. The van der Waals surface area contributed by atoms with Crippen LogP contribution in [0.25, 0.3) is 0 Å². The number of nitrogens with one attached hydrogen (secondary N) is 1. The molecule has 0 atom stereocenters. The van der Waals surface area contributed by atoms with E-state index in [9.17, 15) is 13.6 Å². The molecule has 2 rings (SSSR count). The third kappa shape index (κ3) is 4.39. The molecule has 21 heavy (non-hydrogen) atoms. The molecular formula is C15H20F2N2O2. The Hall–Kier alpha value is -1.69. The zero-order chi connectivity index (χ0) is 15.2. The van der Waals surface area contributed by atoms with Crippen LogP contribution in [-0.4, -0.2) is 43.1 Å². The molecule has 1 saturated heterocycles. The van der Waals surface area contributed by atoms with E-state index in [-0.39, 0.29) is 11.7 Å². The van der Waals surface area contributed by atoms with Crippen molar-refractivity contribution in [1.82, 2.24) is 10.2 Å². The summed E-state index contributed by atoms with van der Waals surface area (Å²) in [6.07, 6.45) is 1.82. The zero-order valence-electron chi connectivity index (χ0n) is 12.0. The summed E-state index contributed by atoms with van der Waals surface area (Å²) in [5.41, 5.74) is 0.384. The van der Waals surface area contributed by atoms with Crippen molar-refractivity contribution in [3.8, 4) is 5.75 Å². The summed E-state index contributed by atoms with van der Waals surface area (Å²) >= 11 is 0. The van der Waals surface area contributed by atoms with E-state index in [2.05, 4.69) is 17.0 Å². The first-order valence-electron chi connectivity index (χ1n) is 7.17. The molecule has 0 spiro atoms. The number of carbonyl (C=O) groups excluding carboxylic acids is 1. The van der Waals surface area contributed by atoms with Crippen LogP contribution < -0.4 is 10.1 Å². The van der Waals surface area contributed by atoms with Crippen molar-refractivity contribution >= 4 is 5.91 Å². The molecule has 6 heteroatoms. The molecule has 1 aliphatic heterocycles. The van der Waals surface area contributed by atoms with Crippen molar-refractivity contribution in [2.45, 2.75) is 32.4 Å². The molecule has 4 nitrogen and oxygen atoms in total. The topological polar surface area (TPSA) is 41.6 Å². The summed E-state index contributed by atoms with van der Waals surface area (Å²) in [6.45, 7) is 1.45. The van der Waals surface area contributed by atoms with Crippen molar-refractivity contribution in [2.24, 2.45) is 0 Å². The molecule has 0 saturated carbocycles. The van der Waals surface area contributed by atoms with E-state index in [1.165, 1.54) is 12.1 Å². The Morgan fingerprint density at radius 1 is 1.43 bits per heavy atom. The van der Waals surface area contributed by atoms with Gasteiger partial charge >= 0.3 is 6.61 Å². The molecule has 0 radical (unpaired) electrons. The van der Waals surface area contributed by atoms with Gasteiger partial charge in [0.05, 0.1) is 0 Å². The number of amides is 1. The lowest BCUT2D eigenvalue weighted by Gasteiger charge is -2.32. The highest BCUT2D eigenvalue weighted by atomic mass is 19.3. The Labute approximate surface area is 123 Å². The second-order valence-electron chi connectivity index (χ2n) is 5.03. The van der Waals surface area contributed by atoms with Gasteiger partial charge in [0, 0.05) is 24.7 Å². The minimum Gasteiger partial charge on any atom is -0.435 e. The molecule has 1 aromatic rings. The molecule has 1 amide bonds. The fourth-order valence-electron chi connectivity index (χ4n) is 2.56. The van der Waals surface area contributed by atoms with Gasteiger partial charge in [-0.3, -0.25) is 4.79 Å². The average molecular weight is 298 g/mol. The van der Waals surface area contributed by atoms with E-state index >= 15 is 0 Å². The summed E-state index contributed by atoms with van der Waals surface area (Å²) in [5, 5.41) is 3.37. The van der Waals surface area contributed by atoms with E-state index in [0.717, 1.165) is 19.4 Å². The largest absolute Gasteiger partial charge is 0.435 e. The monoisotopic (exact) mass is 298 g/mol. The fourth-order valence-corrected chi connectivity index (χ4v) is 2.56. The van der Waals surface area contributed by atoms with Crippen molar-refractivity contribution in [3.63, 3.8) is 0 Å². The number of likely N-dealkylation sites (tertiary alicyclic amines) is 1. The second-order valence-corrected chi connectivity index (χ2v) is 5.03. The molecule has 1 heterocycles. The number of nitrogens with zero attached hydrogens (tertiary/aromatic N) is 1. The molecule has 0 aromatic heterocycles. The Kier molecular flexibility index (Phi) is 5.50. The van der Waals surface area contributed by atoms with Crippen LogP contribution in [0, 0.1) is 0 Å². The number of halogens is 2. The maximum atomic E-state index is 12.4. The van der Waals surface area contributed by atoms with Gasteiger partial charge in [-0.1, -0.05) is 13.0 Å². The van der Waals surface area contributed by atoms with Crippen LogP contribution in [-0.2, 0) is 0 Å². The Bertz CT molecular complexity index is 474. The average Bonchev–Trinajstić information content (AvgIpc) is 2.47. The van der Waals surface area contributed by atoms with Crippen LogP contribution in [0.5, 0.6) is 5.75 Å². The number of hydrogen-bond donors (Lipinski definition) is 1. The van der Waals surface area contributed by atoms with Gasteiger partial charge in [-0.2, -0.15) is 8.78 Å². The predicted octanol–water partition coefficient (Wildman–Crippen LogP) is 2.50. The highest BCUT2D eigenvalue weighted by Gasteiger charge is 2.23. The first kappa shape index (κ1) is 15.7. The van der Waals surface area contributed by atoms with Crippen LogP contribution >= 0.6 is 0 Å². The lowest BCUT2D eigenvalue weighted by molar-refractivity contribution is -0.0499. The Morgan fingerprint density at radius 3 is 2.76 bits per heavy atom. The zero-order valence-corrected chi connectivity index (χ0v) is 12.0. The summed E-state index contributed by atoms with van der Waals surface area (Å²) in [7, 11) is 0. The van der Waals surface area contributed by atoms with Crippen LogP contribution in [0.2, 0.25) is 0 Å². The smallest absolute Gasteiger partial charge is 0.387 e. The minimum atomic E-state index is -2.88. The lowest BCUT2D eigenvalue weighted by Crippen LogP contribution is -2.44. The normalized spacial score (nSPS) is 16.3. The quantitative estimate of drug-likeness (QED) is 0.908. The molecule has 0 bridgehead atoms. The number of carbonyl (C=O) groups is 1. The number of hydrogen-bond acceptors (Lipinski definition) is 3. The predicted molar refractivity (Wildman–Crippen MR) is 75.7 cm³/mol. The minimum absolute atomic E-state index is 0.0124. The van der Waals surface area contributed by atoms with Crippen LogP contribution in [0.1, 0.15) is 30.1 Å². The molecule has 1 aliphatic rings. The molecular weight excluding hydrogens is 278 g/mol.